The Hall–Kier alpha value is -3.18. The zero-order chi connectivity index (χ0) is 35.8. The molecule has 9 nitrogen and oxygen atoms in total. The fourth-order valence-electron chi connectivity index (χ4n) is 6.72. The maximum Gasteiger partial charge on any atom is 0.326 e. The van der Waals surface area contributed by atoms with Gasteiger partial charge in [-0.15, -0.1) is 0 Å². The van der Waals surface area contributed by atoms with Gasteiger partial charge in [0.15, 0.2) is 0 Å². The van der Waals surface area contributed by atoms with Crippen LogP contribution < -0.4 is 10.1 Å². The average molecular weight is 729 g/mol. The molecule has 49 heavy (non-hydrogen) atoms. The predicted octanol–water partition coefficient (Wildman–Crippen LogP) is 7.20. The molecule has 264 valence electrons. The summed E-state index contributed by atoms with van der Waals surface area (Å²) >= 11 is 12.8. The Morgan fingerprint density at radius 1 is 1.00 bits per heavy atom. The fraction of sp³-hybridized carbons (Fsp3) is 0.486. The fourth-order valence-corrected chi connectivity index (χ4v) is 7.46. The highest BCUT2D eigenvalue weighted by Gasteiger charge is 2.60. The van der Waals surface area contributed by atoms with Gasteiger partial charge in [-0.1, -0.05) is 68.2 Å². The minimum atomic E-state index is -3.07. The molecule has 0 radical (unpaired) electrons. The number of aliphatic imine (C=N–C) groups is 1. The predicted molar refractivity (Wildman–Crippen MR) is 198 cm³/mol. The topological polar surface area (TPSA) is 104 Å². The van der Waals surface area contributed by atoms with Gasteiger partial charge in [-0.2, -0.15) is 0 Å². The van der Waals surface area contributed by atoms with Crippen LogP contribution in [0.15, 0.2) is 65.8 Å². The van der Waals surface area contributed by atoms with Crippen molar-refractivity contribution < 1.29 is 17.9 Å². The largest absolute Gasteiger partial charge is 0.493 e. The van der Waals surface area contributed by atoms with Gasteiger partial charge < -0.3 is 15.0 Å². The van der Waals surface area contributed by atoms with Crippen molar-refractivity contribution in [2.45, 2.75) is 76.9 Å². The summed E-state index contributed by atoms with van der Waals surface area (Å²) in [6.07, 6.45) is 4.39. The second-order valence-corrected chi connectivity index (χ2v) is 17.4. The van der Waals surface area contributed by atoms with Gasteiger partial charge >= 0.3 is 6.03 Å². The number of piperidine rings is 1. The zero-order valence-corrected chi connectivity index (χ0v) is 31.7. The summed E-state index contributed by atoms with van der Waals surface area (Å²) in [4.78, 5) is 29.2. The van der Waals surface area contributed by atoms with E-state index in [0.29, 0.717) is 66.3 Å². The number of nitrogens with one attached hydrogen (secondary N) is 1. The van der Waals surface area contributed by atoms with Crippen LogP contribution in [0.4, 0.5) is 4.79 Å². The number of amides is 2. The van der Waals surface area contributed by atoms with Crippen LogP contribution in [0.2, 0.25) is 10.0 Å². The van der Waals surface area contributed by atoms with Crippen LogP contribution in [0.25, 0.3) is 0 Å². The van der Waals surface area contributed by atoms with Crippen molar-refractivity contribution in [1.29, 1.82) is 0 Å². The Morgan fingerprint density at radius 2 is 1.57 bits per heavy atom. The number of rotatable bonds is 9. The lowest BCUT2D eigenvalue weighted by molar-refractivity contribution is 0.0992. The van der Waals surface area contributed by atoms with E-state index < -0.39 is 20.9 Å². The second kappa shape index (κ2) is 14.2. The van der Waals surface area contributed by atoms with Gasteiger partial charge in [-0.05, 0) is 69.0 Å². The van der Waals surface area contributed by atoms with Crippen LogP contribution in [0.5, 0.6) is 5.75 Å². The molecule has 1 saturated heterocycles. The number of carbonyl (C=O) groups is 1. The monoisotopic (exact) mass is 727 g/mol. The third-order valence-corrected chi connectivity index (χ3v) is 11.2. The molecule has 5 rings (SSSR count). The van der Waals surface area contributed by atoms with E-state index in [9.17, 15) is 8.42 Å². The quantitative estimate of drug-likeness (QED) is 0.250. The molecule has 1 fully saturated rings. The average Bonchev–Trinajstić information content (AvgIpc) is 3.28. The number of nitrogens with zero attached hydrogens (tertiary/aromatic N) is 4. The Morgan fingerprint density at radius 3 is 2.10 bits per heavy atom. The Bertz CT molecular complexity index is 1800. The standard InChI is InChI=1S/C37H47Cl2N5O4S/c1-8-48-31-23-32(35(2,3)4)41-24-30(31)33-42-36(5,25-9-13-27(38)14-10-25)37(6,26-11-15-28(39)16-12-26)44(33)34(45)43-20-17-29(18-21-43)40-19-22-49(7,46)47/h9-16,23-24,29,40H,8,17-22H2,1-7H3/t36-,37+/m0/s1. The summed E-state index contributed by atoms with van der Waals surface area (Å²) in [7, 11) is -3.07. The van der Waals surface area contributed by atoms with Crippen molar-refractivity contribution in [3.63, 3.8) is 0 Å². The molecule has 2 aliphatic rings. The maximum atomic E-state index is 15.1. The number of amidine groups is 1. The molecule has 0 saturated carbocycles. The van der Waals surface area contributed by atoms with Gasteiger partial charge in [0, 0.05) is 65.3 Å². The summed E-state index contributed by atoms with van der Waals surface area (Å²) < 4.78 is 29.6. The van der Waals surface area contributed by atoms with Crippen LogP contribution >= 0.6 is 23.2 Å². The summed E-state index contributed by atoms with van der Waals surface area (Å²) in [6.45, 7) is 14.1. The molecule has 2 aromatic carbocycles. The highest BCUT2D eigenvalue weighted by atomic mass is 35.5. The van der Waals surface area contributed by atoms with Gasteiger partial charge in [0.2, 0.25) is 0 Å². The Labute approximate surface area is 301 Å². The molecule has 3 heterocycles. The number of ether oxygens (including phenoxy) is 1. The highest BCUT2D eigenvalue weighted by Crippen LogP contribution is 2.54. The van der Waals surface area contributed by atoms with E-state index in [1.165, 1.54) is 6.26 Å². The first-order valence-corrected chi connectivity index (χ1v) is 19.6. The van der Waals surface area contributed by atoms with Gasteiger partial charge in [0.25, 0.3) is 0 Å². The van der Waals surface area contributed by atoms with Crippen molar-refractivity contribution in [2.24, 2.45) is 4.99 Å². The molecular weight excluding hydrogens is 681 g/mol. The molecule has 2 aliphatic heterocycles. The molecular formula is C37H47Cl2N5O4S. The molecule has 3 aromatic rings. The number of hydrogen-bond acceptors (Lipinski definition) is 7. The van der Waals surface area contributed by atoms with Crippen molar-refractivity contribution in [3.8, 4) is 5.75 Å². The Balaban J connectivity index is 1.65. The van der Waals surface area contributed by atoms with Crippen LogP contribution in [-0.2, 0) is 26.3 Å². The smallest absolute Gasteiger partial charge is 0.326 e. The van der Waals surface area contributed by atoms with Crippen LogP contribution in [0.3, 0.4) is 0 Å². The van der Waals surface area contributed by atoms with Crippen molar-refractivity contribution >= 4 is 44.9 Å². The summed E-state index contributed by atoms with van der Waals surface area (Å²) in [5, 5.41) is 4.55. The normalized spacial score (nSPS) is 21.9. The van der Waals surface area contributed by atoms with E-state index in [0.717, 1.165) is 16.8 Å². The first kappa shape index (κ1) is 37.1. The Kier molecular flexibility index (Phi) is 10.8. The molecule has 1 aromatic heterocycles. The van der Waals surface area contributed by atoms with E-state index in [2.05, 4.69) is 33.0 Å². The van der Waals surface area contributed by atoms with Gasteiger partial charge in [-0.3, -0.25) is 14.9 Å². The van der Waals surface area contributed by atoms with Crippen molar-refractivity contribution in [1.82, 2.24) is 20.1 Å². The van der Waals surface area contributed by atoms with E-state index >= 15 is 4.79 Å². The maximum absolute atomic E-state index is 15.1. The number of benzene rings is 2. The lowest BCUT2D eigenvalue weighted by Crippen LogP contribution is -2.59. The minimum Gasteiger partial charge on any atom is -0.493 e. The van der Waals surface area contributed by atoms with Crippen molar-refractivity contribution in [3.05, 3.63) is 93.2 Å². The van der Waals surface area contributed by atoms with E-state index in [4.69, 9.17) is 37.9 Å². The van der Waals surface area contributed by atoms with E-state index in [1.54, 1.807) is 6.20 Å². The number of pyridine rings is 1. The molecule has 12 heteroatoms. The number of aromatic nitrogens is 1. The number of halogens is 2. The molecule has 2 atom stereocenters. The van der Waals surface area contributed by atoms with Crippen molar-refractivity contribution in [2.75, 3.05) is 38.2 Å². The number of likely N-dealkylation sites (tertiary alicyclic amines) is 1. The molecule has 0 spiro atoms. The molecule has 0 unspecified atom stereocenters. The van der Waals surface area contributed by atoms with Crippen LogP contribution in [0.1, 0.15) is 76.8 Å². The summed E-state index contributed by atoms with van der Waals surface area (Å²) in [6, 6.07) is 17.1. The van der Waals surface area contributed by atoms with Gasteiger partial charge in [0.05, 0.1) is 17.9 Å². The first-order valence-electron chi connectivity index (χ1n) is 16.7. The van der Waals surface area contributed by atoms with Gasteiger partial charge in [0.1, 0.15) is 32.5 Å². The number of carbonyl (C=O) groups excluding carboxylic acids is 1. The molecule has 0 aliphatic carbocycles. The third-order valence-electron chi connectivity index (χ3n) is 9.79. The molecule has 0 bridgehead atoms. The van der Waals surface area contributed by atoms with E-state index in [-0.39, 0.29) is 23.2 Å². The number of hydrogen-bond donors (Lipinski definition) is 1. The molecule has 2 amide bonds. The number of sulfone groups is 1. The van der Waals surface area contributed by atoms with Crippen LogP contribution in [0, 0.1) is 0 Å². The lowest BCUT2D eigenvalue weighted by Gasteiger charge is -2.47. The highest BCUT2D eigenvalue weighted by molar-refractivity contribution is 7.90. The molecule has 1 N–H and O–H groups in total. The first-order chi connectivity index (χ1) is 23.0. The SMILES string of the molecule is CCOc1cc(C(C)(C)C)ncc1C1=N[C@@](C)(c2ccc(Cl)cc2)[C@@](C)(c2ccc(Cl)cc2)N1C(=O)N1CCC(NCCS(C)(=O)=O)CC1. The van der Waals surface area contributed by atoms with E-state index in [1.807, 2.05) is 78.2 Å². The number of urea groups is 1. The second-order valence-electron chi connectivity index (χ2n) is 14.3. The lowest BCUT2D eigenvalue weighted by atomic mass is 9.71. The van der Waals surface area contributed by atoms with Crippen LogP contribution in [-0.4, -0.2) is 79.4 Å². The zero-order valence-electron chi connectivity index (χ0n) is 29.4. The summed E-state index contributed by atoms with van der Waals surface area (Å²) in [5.74, 6) is 1.14. The van der Waals surface area contributed by atoms with Gasteiger partial charge in [-0.25, -0.2) is 13.2 Å². The summed E-state index contributed by atoms with van der Waals surface area (Å²) in [5.41, 5.74) is 0.986. The minimum absolute atomic E-state index is 0.0761. The third kappa shape index (κ3) is 7.62.